The van der Waals surface area contributed by atoms with Crippen molar-refractivity contribution in [3.05, 3.63) is 51.5 Å². The second-order valence-corrected chi connectivity index (χ2v) is 6.14. The first-order chi connectivity index (χ1) is 12.0. The summed E-state index contributed by atoms with van der Waals surface area (Å²) in [6.07, 6.45) is 3.82. The first kappa shape index (κ1) is 19.3. The first-order valence-electron chi connectivity index (χ1n) is 7.86. The average Bonchev–Trinajstić information content (AvgIpc) is 2.86. The third kappa shape index (κ3) is 5.00. The fourth-order valence-electron chi connectivity index (χ4n) is 2.26. The predicted molar refractivity (Wildman–Crippen MR) is 99.4 cm³/mol. The van der Waals surface area contributed by atoms with Gasteiger partial charge in [-0.2, -0.15) is 0 Å². The molecule has 5 nitrogen and oxygen atoms in total. The zero-order valence-electron chi connectivity index (χ0n) is 14.4. The molecule has 0 amide bonds. The summed E-state index contributed by atoms with van der Waals surface area (Å²) in [4.78, 5) is 15.6. The molecular weight excluding hydrogens is 363 g/mol. The van der Waals surface area contributed by atoms with Crippen LogP contribution in [0.15, 0.2) is 24.3 Å². The van der Waals surface area contributed by atoms with Crippen LogP contribution in [-0.2, 0) is 16.1 Å². The number of esters is 1. The van der Waals surface area contributed by atoms with E-state index in [1.54, 1.807) is 12.1 Å². The highest BCUT2D eigenvalue weighted by atomic mass is 35.5. The maximum Gasteiger partial charge on any atom is 0.330 e. The maximum atomic E-state index is 11.3. The molecule has 0 aliphatic carbocycles. The summed E-state index contributed by atoms with van der Waals surface area (Å²) in [6.45, 7) is 5.01. The lowest BCUT2D eigenvalue weighted by atomic mass is 10.2. The number of aromatic nitrogens is 2. The highest BCUT2D eigenvalue weighted by Crippen LogP contribution is 2.26. The highest BCUT2D eigenvalue weighted by Gasteiger charge is 2.13. The molecule has 134 valence electrons. The van der Waals surface area contributed by atoms with Crippen molar-refractivity contribution in [3.63, 3.8) is 0 Å². The van der Waals surface area contributed by atoms with Crippen molar-refractivity contribution in [2.75, 3.05) is 13.7 Å². The molecule has 2 rings (SSSR count). The molecule has 0 saturated heterocycles. The van der Waals surface area contributed by atoms with Crippen LogP contribution >= 0.6 is 23.2 Å². The van der Waals surface area contributed by atoms with Gasteiger partial charge in [0.15, 0.2) is 5.15 Å². The van der Waals surface area contributed by atoms with Gasteiger partial charge in [-0.15, -0.1) is 0 Å². The lowest BCUT2D eigenvalue weighted by Crippen LogP contribution is -2.05. The molecule has 0 bridgehead atoms. The minimum absolute atomic E-state index is 0.316. The molecule has 1 aromatic carbocycles. The standard InChI is InChI=1S/C18H20Cl2N2O3/c1-4-9-25-14-6-5-13(15(19)10-14)11-22-12(2)21-18(20)16(22)7-8-17(23)24-3/h5-8,10H,4,9,11H2,1-3H3. The lowest BCUT2D eigenvalue weighted by Gasteiger charge is -2.12. The molecule has 0 aliphatic heterocycles. The van der Waals surface area contributed by atoms with E-state index in [1.165, 1.54) is 13.2 Å². The number of halogens is 2. The van der Waals surface area contributed by atoms with E-state index in [9.17, 15) is 4.79 Å². The molecule has 0 radical (unpaired) electrons. The van der Waals surface area contributed by atoms with Crippen molar-refractivity contribution in [2.45, 2.75) is 26.8 Å². The zero-order chi connectivity index (χ0) is 18.4. The maximum absolute atomic E-state index is 11.3. The Morgan fingerprint density at radius 1 is 1.36 bits per heavy atom. The number of benzene rings is 1. The minimum atomic E-state index is -0.461. The van der Waals surface area contributed by atoms with Gasteiger partial charge in [0, 0.05) is 11.1 Å². The molecule has 25 heavy (non-hydrogen) atoms. The number of nitrogens with zero attached hydrogens (tertiary/aromatic N) is 2. The number of imidazole rings is 1. The molecule has 0 saturated carbocycles. The fourth-order valence-corrected chi connectivity index (χ4v) is 2.77. The summed E-state index contributed by atoms with van der Waals surface area (Å²) < 4.78 is 12.1. The molecular formula is C18H20Cl2N2O3. The van der Waals surface area contributed by atoms with E-state index in [1.807, 2.05) is 30.5 Å². The zero-order valence-corrected chi connectivity index (χ0v) is 15.9. The van der Waals surface area contributed by atoms with Gasteiger partial charge in [-0.05, 0) is 37.1 Å². The van der Waals surface area contributed by atoms with Gasteiger partial charge >= 0.3 is 5.97 Å². The Morgan fingerprint density at radius 3 is 2.76 bits per heavy atom. The molecule has 2 aromatic rings. The van der Waals surface area contributed by atoms with Crippen LogP contribution in [0.4, 0.5) is 0 Å². The van der Waals surface area contributed by atoms with E-state index >= 15 is 0 Å². The van der Waals surface area contributed by atoms with E-state index in [2.05, 4.69) is 9.72 Å². The summed E-state index contributed by atoms with van der Waals surface area (Å²) in [7, 11) is 1.32. The van der Waals surface area contributed by atoms with E-state index in [0.29, 0.717) is 29.0 Å². The van der Waals surface area contributed by atoms with Gasteiger partial charge in [0.25, 0.3) is 0 Å². The van der Waals surface area contributed by atoms with E-state index in [-0.39, 0.29) is 0 Å². The smallest absolute Gasteiger partial charge is 0.330 e. The second kappa shape index (κ2) is 8.92. The molecule has 0 aliphatic rings. The SMILES string of the molecule is CCCOc1ccc(Cn2c(C)nc(Cl)c2C=CC(=O)OC)c(Cl)c1. The molecule has 0 atom stereocenters. The van der Waals surface area contributed by atoms with Gasteiger partial charge in [0.1, 0.15) is 11.6 Å². The normalized spacial score (nSPS) is 11.1. The van der Waals surface area contributed by atoms with Crippen LogP contribution in [0.3, 0.4) is 0 Å². The monoisotopic (exact) mass is 382 g/mol. The Morgan fingerprint density at radius 2 is 2.12 bits per heavy atom. The summed E-state index contributed by atoms with van der Waals surface area (Å²) in [6, 6.07) is 5.59. The van der Waals surface area contributed by atoms with Gasteiger partial charge in [-0.3, -0.25) is 0 Å². The van der Waals surface area contributed by atoms with Crippen LogP contribution in [0.1, 0.15) is 30.4 Å². The van der Waals surface area contributed by atoms with Crippen LogP contribution < -0.4 is 4.74 Å². The summed E-state index contributed by atoms with van der Waals surface area (Å²) in [5, 5.41) is 0.914. The predicted octanol–water partition coefficient (Wildman–Crippen LogP) is 4.52. The van der Waals surface area contributed by atoms with Crippen LogP contribution in [0, 0.1) is 6.92 Å². The Hall–Kier alpha value is -1.98. The van der Waals surface area contributed by atoms with E-state index in [0.717, 1.165) is 23.6 Å². The Bertz CT molecular complexity index is 785. The van der Waals surface area contributed by atoms with Gasteiger partial charge < -0.3 is 14.0 Å². The molecule has 1 aromatic heterocycles. The Kier molecular flexibility index (Phi) is 6.91. The van der Waals surface area contributed by atoms with Crippen molar-refractivity contribution >= 4 is 35.2 Å². The van der Waals surface area contributed by atoms with Crippen LogP contribution in [0.2, 0.25) is 10.2 Å². The number of rotatable bonds is 7. The fraction of sp³-hybridized carbons (Fsp3) is 0.333. The number of hydrogen-bond acceptors (Lipinski definition) is 4. The third-order valence-corrected chi connectivity index (χ3v) is 4.19. The molecule has 0 unspecified atom stereocenters. The Balaban J connectivity index is 2.28. The van der Waals surface area contributed by atoms with Crippen molar-refractivity contribution in [1.29, 1.82) is 0 Å². The number of carbonyl (C=O) groups is 1. The van der Waals surface area contributed by atoms with Crippen molar-refractivity contribution in [2.24, 2.45) is 0 Å². The summed E-state index contributed by atoms with van der Waals surface area (Å²) >= 11 is 12.6. The minimum Gasteiger partial charge on any atom is -0.494 e. The highest BCUT2D eigenvalue weighted by molar-refractivity contribution is 6.31. The number of methoxy groups -OCH3 is 1. The third-order valence-electron chi connectivity index (χ3n) is 3.56. The van der Waals surface area contributed by atoms with Gasteiger partial charge in [0.05, 0.1) is 26.0 Å². The van der Waals surface area contributed by atoms with Gasteiger partial charge in [0.2, 0.25) is 0 Å². The molecule has 7 heteroatoms. The Labute approximate surface area is 157 Å². The second-order valence-electron chi connectivity index (χ2n) is 5.38. The molecule has 0 N–H and O–H groups in total. The van der Waals surface area contributed by atoms with E-state index in [4.69, 9.17) is 27.9 Å². The van der Waals surface area contributed by atoms with Gasteiger partial charge in [-0.25, -0.2) is 9.78 Å². The molecule has 1 heterocycles. The van der Waals surface area contributed by atoms with Crippen molar-refractivity contribution < 1.29 is 14.3 Å². The van der Waals surface area contributed by atoms with Crippen LogP contribution in [0.25, 0.3) is 6.08 Å². The van der Waals surface area contributed by atoms with E-state index < -0.39 is 5.97 Å². The number of ether oxygens (including phenoxy) is 2. The summed E-state index contributed by atoms with van der Waals surface area (Å²) in [5.41, 5.74) is 1.52. The number of hydrogen-bond donors (Lipinski definition) is 0. The quantitative estimate of drug-likeness (QED) is 0.521. The lowest BCUT2D eigenvalue weighted by molar-refractivity contribution is -0.134. The van der Waals surface area contributed by atoms with Gasteiger partial charge in [-0.1, -0.05) is 36.2 Å². The number of carbonyl (C=O) groups excluding carboxylic acids is 1. The van der Waals surface area contributed by atoms with Crippen molar-refractivity contribution in [3.8, 4) is 5.75 Å². The topological polar surface area (TPSA) is 53.4 Å². The summed E-state index contributed by atoms with van der Waals surface area (Å²) in [5.74, 6) is 0.996. The first-order valence-corrected chi connectivity index (χ1v) is 8.61. The molecule has 0 spiro atoms. The number of aryl methyl sites for hydroxylation is 1. The van der Waals surface area contributed by atoms with Crippen LogP contribution in [-0.4, -0.2) is 29.2 Å². The molecule has 0 fully saturated rings. The van der Waals surface area contributed by atoms with Crippen molar-refractivity contribution in [1.82, 2.24) is 9.55 Å². The van der Waals surface area contributed by atoms with Crippen LogP contribution in [0.5, 0.6) is 5.75 Å². The largest absolute Gasteiger partial charge is 0.494 e. The average molecular weight is 383 g/mol.